The number of rotatable bonds is 13. The molecular formula is C20H34ClNO2SSn. The first-order chi connectivity index (χ1) is 12.3. The Morgan fingerprint density at radius 1 is 0.962 bits per heavy atom. The van der Waals surface area contributed by atoms with Crippen LogP contribution in [0.4, 0.5) is 0 Å². The van der Waals surface area contributed by atoms with Crippen LogP contribution in [-0.4, -0.2) is 40.3 Å². The molecule has 148 valence electrons. The van der Waals surface area contributed by atoms with Gasteiger partial charge in [0.2, 0.25) is 0 Å². The molecule has 0 atom stereocenters. The summed E-state index contributed by atoms with van der Waals surface area (Å²) < 4.78 is 26.3. The monoisotopic (exact) mass is 507 g/mol. The second-order valence-electron chi connectivity index (χ2n) is 7.10. The Morgan fingerprint density at radius 3 is 1.88 bits per heavy atom. The summed E-state index contributed by atoms with van der Waals surface area (Å²) in [6.45, 7) is 8.41. The Hall–Kier alpha value is 0.189. The first-order valence-corrected chi connectivity index (χ1v) is 14.9. The van der Waals surface area contributed by atoms with Gasteiger partial charge in [0.05, 0.1) is 0 Å². The van der Waals surface area contributed by atoms with E-state index < -0.39 is 31.0 Å². The molecule has 26 heavy (non-hydrogen) atoms. The Labute approximate surface area is 175 Å². The molecule has 1 aromatic heterocycles. The molecule has 2 radical (unpaired) electrons. The minimum atomic E-state index is -3.26. The summed E-state index contributed by atoms with van der Waals surface area (Å²) in [4.78, 5) is 5.01. The van der Waals surface area contributed by atoms with E-state index in [1.165, 1.54) is 57.8 Å². The van der Waals surface area contributed by atoms with E-state index in [1.54, 1.807) is 19.1 Å². The fraction of sp³-hybridized carbons (Fsp3) is 0.750. The van der Waals surface area contributed by atoms with Crippen molar-refractivity contribution in [1.29, 1.82) is 0 Å². The fourth-order valence-electron chi connectivity index (χ4n) is 3.28. The van der Waals surface area contributed by atoms with E-state index in [0.29, 0.717) is 13.5 Å². The number of pyridine rings is 1. The van der Waals surface area contributed by atoms with Gasteiger partial charge in [-0.2, -0.15) is 0 Å². The topological polar surface area (TPSA) is 47.0 Å². The molecule has 0 bridgehead atoms. The summed E-state index contributed by atoms with van der Waals surface area (Å²) in [7, 11) is -3.26. The molecule has 1 heterocycles. The Balaban J connectivity index is 3.33. The molecule has 0 saturated carbocycles. The summed E-state index contributed by atoms with van der Waals surface area (Å²) in [5, 5.41) is 0.423. The van der Waals surface area contributed by atoms with Gasteiger partial charge in [0, 0.05) is 0 Å². The van der Waals surface area contributed by atoms with Gasteiger partial charge in [0.15, 0.2) is 0 Å². The average Bonchev–Trinajstić information content (AvgIpc) is 2.62. The Kier molecular flexibility index (Phi) is 11.1. The van der Waals surface area contributed by atoms with Crippen LogP contribution in [0, 0.1) is 0 Å². The quantitative estimate of drug-likeness (QED) is 0.259. The van der Waals surface area contributed by atoms with Crippen molar-refractivity contribution in [2.24, 2.45) is 0 Å². The maximum absolute atomic E-state index is 12.6. The van der Waals surface area contributed by atoms with Gasteiger partial charge in [-0.25, -0.2) is 0 Å². The van der Waals surface area contributed by atoms with Crippen LogP contribution >= 0.6 is 11.6 Å². The van der Waals surface area contributed by atoms with Gasteiger partial charge in [0.1, 0.15) is 0 Å². The molecule has 1 rings (SSSR count). The molecule has 1 aromatic rings. The van der Waals surface area contributed by atoms with Crippen molar-refractivity contribution in [3.63, 3.8) is 0 Å². The SMILES string of the molecule is CCCC[C](CCCC)(CCCC)[Sn][c]1nc(Cl)ccc1S(=O)(=O)CC. The normalized spacial score (nSPS) is 12.5. The van der Waals surface area contributed by atoms with Crippen LogP contribution < -0.4 is 3.71 Å². The van der Waals surface area contributed by atoms with E-state index in [0.717, 1.165) is 3.71 Å². The summed E-state index contributed by atoms with van der Waals surface area (Å²) in [5.74, 6) is 0.120. The van der Waals surface area contributed by atoms with E-state index in [4.69, 9.17) is 11.6 Å². The van der Waals surface area contributed by atoms with Gasteiger partial charge in [-0.05, 0) is 0 Å². The second-order valence-corrected chi connectivity index (χ2v) is 14.8. The molecule has 0 spiro atoms. The minimum absolute atomic E-state index is 0.120. The third-order valence-electron chi connectivity index (χ3n) is 4.95. The van der Waals surface area contributed by atoms with Gasteiger partial charge in [-0.15, -0.1) is 0 Å². The summed E-state index contributed by atoms with van der Waals surface area (Å²) >= 11 is 4.94. The van der Waals surface area contributed by atoms with Crippen LogP contribution in [0.2, 0.25) is 8.58 Å². The fourth-order valence-corrected chi connectivity index (χ4v) is 11.3. The molecule has 0 N–H and O–H groups in total. The van der Waals surface area contributed by atoms with E-state index in [-0.39, 0.29) is 5.75 Å². The van der Waals surface area contributed by atoms with Crippen LogP contribution in [0.5, 0.6) is 0 Å². The maximum atomic E-state index is 12.6. The third kappa shape index (κ3) is 7.31. The van der Waals surface area contributed by atoms with Gasteiger partial charge in [-0.1, -0.05) is 0 Å². The molecule has 0 aliphatic heterocycles. The molecule has 6 heteroatoms. The number of unbranched alkanes of at least 4 members (excludes halogenated alkanes) is 3. The van der Waals surface area contributed by atoms with Crippen LogP contribution in [0.1, 0.15) is 85.5 Å². The van der Waals surface area contributed by atoms with E-state index in [2.05, 4.69) is 25.8 Å². The molecule has 0 aliphatic carbocycles. The standard InChI is InChI=1S/C13H27.C7H7ClNO2S.Sn/c1-4-7-10-13(11-8-5-2)12-9-6-3;1-2-12(10,11)6-3-4-7(8)9-5-6;/h4-12H2,1-3H3;3-4H,2H2,1H3;. The van der Waals surface area contributed by atoms with E-state index in [1.807, 2.05) is 0 Å². The van der Waals surface area contributed by atoms with E-state index in [9.17, 15) is 8.42 Å². The van der Waals surface area contributed by atoms with Crippen molar-refractivity contribution in [2.75, 3.05) is 5.75 Å². The Bertz CT molecular complexity index is 627. The van der Waals surface area contributed by atoms with Crippen LogP contribution in [0.25, 0.3) is 0 Å². The number of halogens is 1. The van der Waals surface area contributed by atoms with Crippen molar-refractivity contribution >= 4 is 46.3 Å². The molecule has 0 amide bonds. The first kappa shape index (κ1) is 24.2. The zero-order valence-corrected chi connectivity index (χ0v) is 21.2. The van der Waals surface area contributed by atoms with Crippen molar-refractivity contribution in [2.45, 2.75) is 93.8 Å². The zero-order chi connectivity index (χ0) is 19.6. The molecule has 0 aromatic carbocycles. The van der Waals surface area contributed by atoms with Crippen molar-refractivity contribution in [3.8, 4) is 0 Å². The predicted octanol–water partition coefficient (Wildman–Crippen LogP) is 5.59. The molecule has 0 fully saturated rings. The number of sulfone groups is 1. The molecular weight excluding hydrogens is 472 g/mol. The summed E-state index contributed by atoms with van der Waals surface area (Å²) in [6.07, 6.45) is 10.8. The number of hydrogen-bond donors (Lipinski definition) is 0. The van der Waals surface area contributed by atoms with Crippen molar-refractivity contribution in [1.82, 2.24) is 4.98 Å². The van der Waals surface area contributed by atoms with Gasteiger partial charge in [-0.3, -0.25) is 0 Å². The first-order valence-electron chi connectivity index (χ1n) is 10.0. The van der Waals surface area contributed by atoms with Crippen molar-refractivity contribution in [3.05, 3.63) is 17.3 Å². The summed E-state index contributed by atoms with van der Waals surface area (Å²) in [5.41, 5.74) is 0. The van der Waals surface area contributed by atoms with Crippen LogP contribution in [0.15, 0.2) is 17.0 Å². The molecule has 0 saturated heterocycles. The van der Waals surface area contributed by atoms with Gasteiger partial charge >= 0.3 is 177 Å². The van der Waals surface area contributed by atoms with Crippen LogP contribution in [0.3, 0.4) is 0 Å². The average molecular weight is 507 g/mol. The number of hydrogen-bond acceptors (Lipinski definition) is 3. The molecule has 3 nitrogen and oxygen atoms in total. The predicted molar refractivity (Wildman–Crippen MR) is 114 cm³/mol. The zero-order valence-electron chi connectivity index (χ0n) is 16.8. The number of aromatic nitrogens is 1. The number of nitrogens with zero attached hydrogens (tertiary/aromatic N) is 1. The third-order valence-corrected chi connectivity index (χ3v) is 12.9. The van der Waals surface area contributed by atoms with Crippen molar-refractivity contribution < 1.29 is 8.42 Å². The Morgan fingerprint density at radius 2 is 1.46 bits per heavy atom. The van der Waals surface area contributed by atoms with Gasteiger partial charge in [0.25, 0.3) is 0 Å². The van der Waals surface area contributed by atoms with E-state index >= 15 is 0 Å². The summed E-state index contributed by atoms with van der Waals surface area (Å²) in [6, 6.07) is 3.31. The molecule has 0 unspecified atom stereocenters. The van der Waals surface area contributed by atoms with Gasteiger partial charge < -0.3 is 0 Å². The van der Waals surface area contributed by atoms with Crippen LogP contribution in [-0.2, 0) is 9.84 Å². The molecule has 0 aliphatic rings. The second kappa shape index (κ2) is 11.9.